The van der Waals surface area contributed by atoms with E-state index in [-0.39, 0.29) is 6.10 Å². The van der Waals surface area contributed by atoms with Gasteiger partial charge in [0.1, 0.15) is 0 Å². The summed E-state index contributed by atoms with van der Waals surface area (Å²) in [6.07, 6.45) is 3.17. The predicted octanol–water partition coefficient (Wildman–Crippen LogP) is 1.68. The van der Waals surface area contributed by atoms with Gasteiger partial charge in [0.15, 0.2) is 5.82 Å². The highest BCUT2D eigenvalue weighted by Crippen LogP contribution is 2.25. The first kappa shape index (κ1) is 15.2. The maximum atomic E-state index is 6.00. The van der Waals surface area contributed by atoms with Crippen molar-refractivity contribution in [2.45, 2.75) is 52.7 Å². The average Bonchev–Trinajstić information content (AvgIpc) is 2.53. The molecule has 0 aromatic carbocycles. The van der Waals surface area contributed by atoms with E-state index in [1.165, 1.54) is 5.56 Å². The topological polar surface area (TPSA) is 64.3 Å². The maximum Gasteiger partial charge on any atom is 0.156 e. The van der Waals surface area contributed by atoms with Gasteiger partial charge < -0.3 is 15.4 Å². The number of morpholine rings is 1. The molecule has 0 saturated carbocycles. The lowest BCUT2D eigenvalue weighted by Gasteiger charge is -2.34. The molecule has 0 aliphatic carbocycles. The smallest absolute Gasteiger partial charge is 0.156 e. The molecule has 1 unspecified atom stereocenters. The van der Waals surface area contributed by atoms with E-state index >= 15 is 0 Å². The molecule has 2 heterocycles. The number of nitrogens with zero attached hydrogens (tertiary/aromatic N) is 3. The third-order valence-electron chi connectivity index (χ3n) is 4.03. The van der Waals surface area contributed by atoms with Gasteiger partial charge in [0, 0.05) is 25.2 Å². The molecule has 1 saturated heterocycles. The van der Waals surface area contributed by atoms with Gasteiger partial charge in [-0.1, -0.05) is 20.8 Å². The molecule has 2 N–H and O–H groups in total. The third kappa shape index (κ3) is 2.94. The summed E-state index contributed by atoms with van der Waals surface area (Å²) in [5.74, 6) is 0.961. The van der Waals surface area contributed by atoms with E-state index in [0.29, 0.717) is 6.54 Å². The third-order valence-corrected chi connectivity index (χ3v) is 4.03. The Kier molecular flexibility index (Phi) is 5.31. The average molecular weight is 278 g/mol. The van der Waals surface area contributed by atoms with E-state index in [9.17, 15) is 0 Å². The summed E-state index contributed by atoms with van der Waals surface area (Å²) >= 11 is 0. The van der Waals surface area contributed by atoms with E-state index in [1.807, 2.05) is 0 Å². The highest BCUT2D eigenvalue weighted by atomic mass is 16.5. The molecule has 112 valence electrons. The van der Waals surface area contributed by atoms with Gasteiger partial charge in [-0.25, -0.2) is 0 Å². The van der Waals surface area contributed by atoms with Crippen molar-refractivity contribution >= 4 is 5.82 Å². The lowest BCUT2D eigenvalue weighted by Crippen LogP contribution is -2.43. The number of ether oxygens (including phenoxy) is 1. The van der Waals surface area contributed by atoms with E-state index in [2.05, 4.69) is 35.9 Å². The molecule has 1 aliphatic rings. The minimum atomic E-state index is 0.284. The molecule has 5 nitrogen and oxygen atoms in total. The van der Waals surface area contributed by atoms with Crippen molar-refractivity contribution in [2.75, 3.05) is 24.6 Å². The van der Waals surface area contributed by atoms with Crippen LogP contribution in [-0.2, 0) is 24.1 Å². The van der Waals surface area contributed by atoms with Gasteiger partial charge in [-0.3, -0.25) is 0 Å². The summed E-state index contributed by atoms with van der Waals surface area (Å²) in [6.45, 7) is 9.45. The highest BCUT2D eigenvalue weighted by Gasteiger charge is 2.24. The van der Waals surface area contributed by atoms with Crippen LogP contribution in [0.5, 0.6) is 0 Å². The second-order valence-corrected chi connectivity index (χ2v) is 5.19. The maximum absolute atomic E-state index is 6.00. The van der Waals surface area contributed by atoms with Crippen LogP contribution in [0.3, 0.4) is 0 Å². The van der Waals surface area contributed by atoms with Crippen molar-refractivity contribution < 1.29 is 4.74 Å². The van der Waals surface area contributed by atoms with E-state index in [1.54, 1.807) is 0 Å². The van der Waals surface area contributed by atoms with Crippen LogP contribution in [0.1, 0.15) is 44.0 Å². The molecule has 1 aromatic heterocycles. The molecule has 20 heavy (non-hydrogen) atoms. The predicted molar refractivity (Wildman–Crippen MR) is 80.9 cm³/mol. The molecular weight excluding hydrogens is 252 g/mol. The lowest BCUT2D eigenvalue weighted by molar-refractivity contribution is 0.0380. The van der Waals surface area contributed by atoms with Gasteiger partial charge in [0.25, 0.3) is 0 Å². The number of aromatic nitrogens is 2. The lowest BCUT2D eigenvalue weighted by atomic mass is 10.0. The first-order chi connectivity index (χ1) is 9.74. The van der Waals surface area contributed by atoms with Crippen LogP contribution in [0, 0.1) is 0 Å². The number of rotatable bonds is 5. The largest absolute Gasteiger partial charge is 0.375 e. The standard InChI is InChI=1S/C15H26N4O/c1-4-11-10-19(7-8-20-11)15-13(9-16)12(5-2)14(6-3)17-18-15/h11H,4-10,16H2,1-3H3. The minimum absolute atomic E-state index is 0.284. The Hall–Kier alpha value is -1.20. The number of hydrogen-bond donors (Lipinski definition) is 1. The summed E-state index contributed by atoms with van der Waals surface area (Å²) in [4.78, 5) is 2.28. The minimum Gasteiger partial charge on any atom is -0.375 e. The summed E-state index contributed by atoms with van der Waals surface area (Å²) in [7, 11) is 0. The number of anilines is 1. The van der Waals surface area contributed by atoms with Crippen LogP contribution in [0.4, 0.5) is 5.82 Å². The zero-order valence-corrected chi connectivity index (χ0v) is 12.9. The van der Waals surface area contributed by atoms with E-state index < -0.39 is 0 Å². The van der Waals surface area contributed by atoms with Crippen molar-refractivity contribution in [3.63, 3.8) is 0 Å². The van der Waals surface area contributed by atoms with Crippen LogP contribution in [0.2, 0.25) is 0 Å². The molecular formula is C15H26N4O. The van der Waals surface area contributed by atoms with Crippen molar-refractivity contribution in [3.8, 4) is 0 Å². The van der Waals surface area contributed by atoms with Gasteiger partial charge in [-0.05, 0) is 24.8 Å². The van der Waals surface area contributed by atoms with Gasteiger partial charge in [0.05, 0.1) is 18.4 Å². The quantitative estimate of drug-likeness (QED) is 0.887. The fraction of sp³-hybridized carbons (Fsp3) is 0.733. The number of aryl methyl sites for hydroxylation is 1. The first-order valence-corrected chi connectivity index (χ1v) is 7.68. The number of hydrogen-bond acceptors (Lipinski definition) is 5. The molecule has 0 spiro atoms. The van der Waals surface area contributed by atoms with Crippen LogP contribution >= 0.6 is 0 Å². The Labute approximate surface area is 121 Å². The molecule has 0 bridgehead atoms. The Morgan fingerprint density at radius 2 is 2.00 bits per heavy atom. The van der Waals surface area contributed by atoms with Crippen LogP contribution < -0.4 is 10.6 Å². The van der Waals surface area contributed by atoms with Crippen molar-refractivity contribution in [3.05, 3.63) is 16.8 Å². The zero-order valence-electron chi connectivity index (χ0n) is 12.9. The van der Waals surface area contributed by atoms with E-state index in [0.717, 1.165) is 56.0 Å². The zero-order chi connectivity index (χ0) is 14.5. The number of nitrogens with two attached hydrogens (primary N) is 1. The molecule has 1 aromatic rings. The van der Waals surface area contributed by atoms with Crippen molar-refractivity contribution in [1.29, 1.82) is 0 Å². The van der Waals surface area contributed by atoms with Gasteiger partial charge >= 0.3 is 0 Å². The second kappa shape index (κ2) is 6.99. The molecule has 0 radical (unpaired) electrons. The molecule has 1 fully saturated rings. The molecule has 0 amide bonds. The summed E-state index contributed by atoms with van der Waals surface area (Å²) in [5, 5.41) is 8.88. The Bertz CT molecular complexity index is 450. The molecule has 2 rings (SSSR count). The summed E-state index contributed by atoms with van der Waals surface area (Å²) in [6, 6.07) is 0. The molecule has 5 heteroatoms. The normalized spacial score (nSPS) is 19.4. The summed E-state index contributed by atoms with van der Waals surface area (Å²) in [5.41, 5.74) is 9.52. The fourth-order valence-corrected chi connectivity index (χ4v) is 2.87. The van der Waals surface area contributed by atoms with Gasteiger partial charge in [-0.2, -0.15) is 5.10 Å². The highest BCUT2D eigenvalue weighted by molar-refractivity contribution is 5.51. The summed E-state index contributed by atoms with van der Waals surface area (Å²) < 4.78 is 5.73. The van der Waals surface area contributed by atoms with Crippen LogP contribution in [-0.4, -0.2) is 36.0 Å². The molecule has 1 atom stereocenters. The monoisotopic (exact) mass is 278 g/mol. The van der Waals surface area contributed by atoms with Crippen molar-refractivity contribution in [1.82, 2.24) is 10.2 Å². The Morgan fingerprint density at radius 1 is 1.20 bits per heavy atom. The van der Waals surface area contributed by atoms with Crippen molar-refractivity contribution in [2.24, 2.45) is 5.73 Å². The van der Waals surface area contributed by atoms with Crippen LogP contribution in [0.15, 0.2) is 0 Å². The van der Waals surface area contributed by atoms with Crippen LogP contribution in [0.25, 0.3) is 0 Å². The van der Waals surface area contributed by atoms with Gasteiger partial charge in [-0.15, -0.1) is 5.10 Å². The van der Waals surface area contributed by atoms with Gasteiger partial charge in [0.2, 0.25) is 0 Å². The first-order valence-electron chi connectivity index (χ1n) is 7.68. The van der Waals surface area contributed by atoms with E-state index in [4.69, 9.17) is 10.5 Å². The SMILES string of the molecule is CCc1nnc(N2CCOC(CC)C2)c(CN)c1CC. The second-order valence-electron chi connectivity index (χ2n) is 5.19. The Morgan fingerprint density at radius 3 is 2.60 bits per heavy atom. The Balaban J connectivity index is 2.35. The fourth-order valence-electron chi connectivity index (χ4n) is 2.87. The molecule has 1 aliphatic heterocycles.